The fourth-order valence-corrected chi connectivity index (χ4v) is 5.09. The Morgan fingerprint density at radius 3 is 2.69 bits per heavy atom. The summed E-state index contributed by atoms with van der Waals surface area (Å²) in [4.78, 5) is 57.6. The van der Waals surface area contributed by atoms with Gasteiger partial charge in [-0.1, -0.05) is 5.16 Å². The molecule has 2 aliphatic heterocycles. The molecule has 1 unspecified atom stereocenters. The predicted octanol–water partition coefficient (Wildman–Crippen LogP) is 0.862. The number of oxime groups is 1. The summed E-state index contributed by atoms with van der Waals surface area (Å²) in [6.07, 6.45) is 1.27. The number of carbonyl (C=O) groups is 4. The van der Waals surface area contributed by atoms with Crippen LogP contribution >= 0.6 is 23.3 Å². The van der Waals surface area contributed by atoms with Crippen molar-refractivity contribution in [2.24, 2.45) is 5.16 Å². The van der Waals surface area contributed by atoms with Crippen molar-refractivity contribution in [3.05, 3.63) is 17.6 Å². The molecule has 3 heterocycles. The van der Waals surface area contributed by atoms with Gasteiger partial charge in [-0.05, 0) is 33.8 Å². The SMILES string of the molecule is CC(C)(C)OC(=O)NCCCO/N=C(/C(=O)NC1(C)C=C(C(=O)O)N2C(=O)C[C@H]2S1)c1nsc(N)n1. The van der Waals surface area contributed by atoms with Gasteiger partial charge in [-0.25, -0.2) is 9.59 Å². The maximum Gasteiger partial charge on any atom is 0.407 e. The topological polar surface area (TPSA) is 198 Å². The van der Waals surface area contributed by atoms with Crippen LogP contribution in [0, 0.1) is 0 Å². The number of ether oxygens (including phenoxy) is 1. The van der Waals surface area contributed by atoms with E-state index in [0.717, 1.165) is 11.5 Å². The van der Waals surface area contributed by atoms with E-state index in [1.807, 2.05) is 0 Å². The fourth-order valence-electron chi connectivity index (χ4n) is 3.20. The summed E-state index contributed by atoms with van der Waals surface area (Å²) in [7, 11) is 0. The number of aromatic nitrogens is 2. The summed E-state index contributed by atoms with van der Waals surface area (Å²) in [6, 6.07) is 0. The summed E-state index contributed by atoms with van der Waals surface area (Å²) in [5.74, 6) is -2.36. The van der Waals surface area contributed by atoms with Gasteiger partial charge in [0.1, 0.15) is 22.8 Å². The summed E-state index contributed by atoms with van der Waals surface area (Å²) in [5, 5.41) is 18.4. The van der Waals surface area contributed by atoms with Crippen LogP contribution < -0.4 is 16.4 Å². The smallest absolute Gasteiger partial charge is 0.407 e. The average molecular weight is 542 g/mol. The third-order valence-electron chi connectivity index (χ3n) is 4.64. The first-order chi connectivity index (χ1) is 16.8. The number of carboxylic acids is 1. The molecule has 2 atom stereocenters. The Bertz CT molecular complexity index is 1110. The predicted molar refractivity (Wildman–Crippen MR) is 131 cm³/mol. The molecule has 1 saturated heterocycles. The lowest BCUT2D eigenvalue weighted by Gasteiger charge is -2.47. The van der Waals surface area contributed by atoms with Crippen LogP contribution in [0.2, 0.25) is 0 Å². The van der Waals surface area contributed by atoms with Crippen LogP contribution in [0.25, 0.3) is 0 Å². The first-order valence-electron chi connectivity index (χ1n) is 10.8. The highest BCUT2D eigenvalue weighted by molar-refractivity contribution is 8.01. The number of aliphatic carboxylic acids is 1. The van der Waals surface area contributed by atoms with Crippen LogP contribution in [0.1, 0.15) is 46.4 Å². The molecule has 5 N–H and O–H groups in total. The molecule has 0 bridgehead atoms. The monoisotopic (exact) mass is 541 g/mol. The van der Waals surface area contributed by atoms with Crippen LogP contribution in [0.4, 0.5) is 9.93 Å². The highest BCUT2D eigenvalue weighted by Crippen LogP contribution is 2.44. The van der Waals surface area contributed by atoms with E-state index in [-0.39, 0.29) is 47.8 Å². The lowest BCUT2D eigenvalue weighted by molar-refractivity contribution is -0.146. The van der Waals surface area contributed by atoms with Crippen molar-refractivity contribution in [1.29, 1.82) is 0 Å². The number of nitrogen functional groups attached to an aromatic ring is 1. The number of carbonyl (C=O) groups excluding carboxylic acids is 3. The number of alkyl carbamates (subject to hydrolysis) is 1. The molecule has 1 aromatic heterocycles. The quantitative estimate of drug-likeness (QED) is 0.150. The van der Waals surface area contributed by atoms with Gasteiger partial charge in [0.05, 0.1) is 11.8 Å². The van der Waals surface area contributed by atoms with Gasteiger partial charge in [-0.15, -0.1) is 11.8 Å². The summed E-state index contributed by atoms with van der Waals surface area (Å²) in [6.45, 7) is 7.18. The van der Waals surface area contributed by atoms with E-state index in [9.17, 15) is 24.3 Å². The Labute approximate surface area is 214 Å². The maximum atomic E-state index is 13.1. The van der Waals surface area contributed by atoms with Crippen molar-refractivity contribution < 1.29 is 33.9 Å². The van der Waals surface area contributed by atoms with Gasteiger partial charge < -0.3 is 31.0 Å². The van der Waals surface area contributed by atoms with Crippen molar-refractivity contribution in [1.82, 2.24) is 24.9 Å². The summed E-state index contributed by atoms with van der Waals surface area (Å²) < 4.78 is 9.15. The van der Waals surface area contributed by atoms with Gasteiger partial charge in [0.2, 0.25) is 17.4 Å². The van der Waals surface area contributed by atoms with Gasteiger partial charge in [0.15, 0.2) is 5.13 Å². The molecule has 14 nitrogen and oxygen atoms in total. The number of nitrogens with zero attached hydrogens (tertiary/aromatic N) is 4. The zero-order valence-electron chi connectivity index (χ0n) is 20.1. The van der Waals surface area contributed by atoms with Gasteiger partial charge in [-0.3, -0.25) is 14.5 Å². The Kier molecular flexibility index (Phi) is 8.08. The number of nitrogens with two attached hydrogens (primary N) is 1. The third-order valence-corrected chi connectivity index (χ3v) is 6.55. The molecule has 0 spiro atoms. The van der Waals surface area contributed by atoms with Crippen molar-refractivity contribution in [2.45, 2.75) is 56.4 Å². The maximum absolute atomic E-state index is 13.1. The second-order valence-electron chi connectivity index (χ2n) is 8.95. The molecular weight excluding hydrogens is 514 g/mol. The second kappa shape index (κ2) is 10.7. The van der Waals surface area contributed by atoms with E-state index < -0.39 is 33.8 Å². The molecule has 196 valence electrons. The lowest BCUT2D eigenvalue weighted by atomic mass is 10.1. The number of anilines is 1. The number of amides is 3. The fraction of sp³-hybridized carbons (Fsp3) is 0.550. The Balaban J connectivity index is 1.65. The Hall–Kier alpha value is -3.40. The molecule has 0 saturated carbocycles. The third kappa shape index (κ3) is 6.84. The molecule has 2 aliphatic rings. The number of carboxylic acid groups (broad SMARTS) is 1. The molecule has 3 amide bonds. The average Bonchev–Trinajstić information content (AvgIpc) is 3.16. The Morgan fingerprint density at radius 2 is 2.11 bits per heavy atom. The zero-order valence-corrected chi connectivity index (χ0v) is 21.7. The van der Waals surface area contributed by atoms with Crippen LogP contribution in [-0.4, -0.2) is 78.0 Å². The van der Waals surface area contributed by atoms with E-state index in [2.05, 4.69) is 25.1 Å². The first-order valence-corrected chi connectivity index (χ1v) is 12.5. The van der Waals surface area contributed by atoms with Crippen LogP contribution in [-0.2, 0) is 24.0 Å². The normalized spacial score (nSPS) is 21.6. The molecule has 0 aliphatic carbocycles. The first kappa shape index (κ1) is 27.2. The summed E-state index contributed by atoms with van der Waals surface area (Å²) in [5.41, 5.74) is 4.56. The number of β-lactam (4-membered cyclic amide) rings is 1. The minimum Gasteiger partial charge on any atom is -0.477 e. The molecule has 0 radical (unpaired) electrons. The molecule has 1 aromatic rings. The van der Waals surface area contributed by atoms with Crippen molar-refractivity contribution in [2.75, 3.05) is 18.9 Å². The zero-order chi connectivity index (χ0) is 26.7. The van der Waals surface area contributed by atoms with Crippen molar-refractivity contribution in [3.8, 4) is 0 Å². The van der Waals surface area contributed by atoms with Crippen LogP contribution in [0.15, 0.2) is 16.9 Å². The van der Waals surface area contributed by atoms with Crippen molar-refractivity contribution >= 4 is 58.0 Å². The molecule has 3 rings (SSSR count). The minimum atomic E-state index is -1.28. The van der Waals surface area contributed by atoms with E-state index >= 15 is 0 Å². The standard InChI is InChI=1S/C20H27N7O7S2/c1-19(2,3)34-18(32)22-6-5-7-33-25-13(14-23-17(21)36-26-14)15(29)24-20(4)9-10(16(30)31)27-11(28)8-12(27)35-20/h9,12H,5-8H2,1-4H3,(H,22,32)(H,24,29)(H,30,31)(H2,21,23,26)/b25-13+/t12-,20?/m1/s1. The number of rotatable bonds is 9. The van der Waals surface area contributed by atoms with E-state index in [0.29, 0.717) is 6.42 Å². The Morgan fingerprint density at radius 1 is 1.39 bits per heavy atom. The highest BCUT2D eigenvalue weighted by Gasteiger charge is 2.49. The van der Waals surface area contributed by atoms with Gasteiger partial charge >= 0.3 is 12.1 Å². The molecule has 36 heavy (non-hydrogen) atoms. The molecule has 1 fully saturated rings. The number of thioether (sulfide) groups is 1. The van der Waals surface area contributed by atoms with E-state index in [1.165, 1.54) is 22.7 Å². The molecule has 16 heteroatoms. The van der Waals surface area contributed by atoms with E-state index in [1.54, 1.807) is 27.7 Å². The molecule has 0 aromatic carbocycles. The number of nitrogens with one attached hydrogen (secondary N) is 2. The summed E-state index contributed by atoms with van der Waals surface area (Å²) >= 11 is 2.08. The number of hydrogen-bond acceptors (Lipinski definition) is 12. The van der Waals surface area contributed by atoms with Gasteiger partial charge in [-0.2, -0.15) is 9.36 Å². The van der Waals surface area contributed by atoms with Gasteiger partial charge in [0, 0.05) is 24.5 Å². The van der Waals surface area contributed by atoms with Crippen molar-refractivity contribution in [3.63, 3.8) is 0 Å². The minimum absolute atomic E-state index is 0.0560. The number of hydrogen-bond donors (Lipinski definition) is 4. The van der Waals surface area contributed by atoms with Crippen LogP contribution in [0.3, 0.4) is 0 Å². The molecular formula is C20H27N7O7S2. The van der Waals surface area contributed by atoms with Gasteiger partial charge in [0.25, 0.3) is 5.91 Å². The number of fused-ring (bicyclic) bond motifs is 1. The highest BCUT2D eigenvalue weighted by atomic mass is 32.2. The largest absolute Gasteiger partial charge is 0.477 e. The lowest BCUT2D eigenvalue weighted by Crippen LogP contribution is -2.59. The second-order valence-corrected chi connectivity index (χ2v) is 11.4. The van der Waals surface area contributed by atoms with Crippen LogP contribution in [0.5, 0.6) is 0 Å². The van der Waals surface area contributed by atoms with E-state index in [4.69, 9.17) is 15.3 Å².